The number of carbonyl (C=O) groups is 2. The van der Waals surface area contributed by atoms with Gasteiger partial charge in [0.05, 0.1) is 0 Å². The van der Waals surface area contributed by atoms with E-state index in [4.69, 9.17) is 0 Å². The highest BCUT2D eigenvalue weighted by atomic mass is 16.2. The van der Waals surface area contributed by atoms with Gasteiger partial charge in [0.25, 0.3) is 5.91 Å². The molecule has 1 saturated heterocycles. The smallest absolute Gasteiger partial charge is 0.254 e. The van der Waals surface area contributed by atoms with Gasteiger partial charge in [0.2, 0.25) is 5.91 Å². The summed E-state index contributed by atoms with van der Waals surface area (Å²) < 4.78 is 0. The summed E-state index contributed by atoms with van der Waals surface area (Å²) in [4.78, 5) is 26.9. The summed E-state index contributed by atoms with van der Waals surface area (Å²) in [5.41, 5.74) is 4.16. The van der Waals surface area contributed by atoms with E-state index in [2.05, 4.69) is 5.32 Å². The molecule has 0 radical (unpaired) electrons. The van der Waals surface area contributed by atoms with E-state index in [-0.39, 0.29) is 17.9 Å². The predicted octanol–water partition coefficient (Wildman–Crippen LogP) is 3.66. The van der Waals surface area contributed by atoms with Crippen molar-refractivity contribution in [2.75, 3.05) is 13.1 Å². The van der Waals surface area contributed by atoms with Crippen molar-refractivity contribution in [2.24, 2.45) is 0 Å². The number of nitrogens with one attached hydrogen (secondary N) is 1. The highest BCUT2D eigenvalue weighted by Gasteiger charge is 2.25. The minimum Gasteiger partial charge on any atom is -0.353 e. The van der Waals surface area contributed by atoms with Crippen LogP contribution < -0.4 is 5.32 Å². The molecule has 4 nitrogen and oxygen atoms in total. The largest absolute Gasteiger partial charge is 0.353 e. The first-order chi connectivity index (χ1) is 13.0. The number of benzene rings is 2. The second kappa shape index (κ2) is 8.85. The maximum atomic E-state index is 12.8. The molecule has 27 heavy (non-hydrogen) atoms. The number of aryl methyl sites for hydroxylation is 3. The van der Waals surface area contributed by atoms with Crippen molar-refractivity contribution < 1.29 is 9.59 Å². The monoisotopic (exact) mass is 364 g/mol. The Kier molecular flexibility index (Phi) is 6.28. The van der Waals surface area contributed by atoms with E-state index >= 15 is 0 Å². The van der Waals surface area contributed by atoms with E-state index in [0.717, 1.165) is 30.4 Å². The summed E-state index contributed by atoms with van der Waals surface area (Å²) in [6.07, 6.45) is 2.89. The lowest BCUT2D eigenvalue weighted by molar-refractivity contribution is -0.122. The van der Waals surface area contributed by atoms with Gasteiger partial charge in [0.1, 0.15) is 0 Å². The maximum Gasteiger partial charge on any atom is 0.254 e. The van der Waals surface area contributed by atoms with Crippen LogP contribution in [0.25, 0.3) is 0 Å². The molecular formula is C23H28N2O2. The van der Waals surface area contributed by atoms with Crippen molar-refractivity contribution in [3.05, 3.63) is 70.8 Å². The number of likely N-dealkylation sites (tertiary alicyclic amines) is 1. The molecule has 0 aliphatic carbocycles. The Morgan fingerprint density at radius 3 is 2.41 bits per heavy atom. The molecule has 2 aromatic rings. The molecular weight excluding hydrogens is 336 g/mol. The first kappa shape index (κ1) is 19.2. The Labute approximate surface area is 161 Å². The van der Waals surface area contributed by atoms with E-state index in [0.29, 0.717) is 19.5 Å². The molecule has 1 N–H and O–H groups in total. The number of piperidine rings is 1. The second-order valence-corrected chi connectivity index (χ2v) is 7.44. The van der Waals surface area contributed by atoms with Gasteiger partial charge in [-0.15, -0.1) is 0 Å². The van der Waals surface area contributed by atoms with Crippen molar-refractivity contribution in [1.29, 1.82) is 0 Å². The molecule has 0 unspecified atom stereocenters. The lowest BCUT2D eigenvalue weighted by Gasteiger charge is -2.32. The third-order valence-corrected chi connectivity index (χ3v) is 5.24. The fourth-order valence-electron chi connectivity index (χ4n) is 3.65. The van der Waals surface area contributed by atoms with Gasteiger partial charge in [-0.2, -0.15) is 0 Å². The van der Waals surface area contributed by atoms with Gasteiger partial charge in [0, 0.05) is 31.1 Å². The average molecular weight is 364 g/mol. The molecule has 0 aromatic heterocycles. The lowest BCUT2D eigenvalue weighted by Crippen LogP contribution is -2.46. The van der Waals surface area contributed by atoms with Crippen LogP contribution in [0.1, 0.15) is 46.3 Å². The SMILES string of the molecule is Cc1ccc(C(=O)N2CCC(NC(=O)CCc3ccccc3)CC2)c(C)c1. The van der Waals surface area contributed by atoms with Gasteiger partial charge in [-0.3, -0.25) is 9.59 Å². The third kappa shape index (κ3) is 5.19. The van der Waals surface area contributed by atoms with Crippen LogP contribution in [-0.2, 0) is 11.2 Å². The Morgan fingerprint density at radius 1 is 1.04 bits per heavy atom. The van der Waals surface area contributed by atoms with E-state index < -0.39 is 0 Å². The second-order valence-electron chi connectivity index (χ2n) is 7.44. The van der Waals surface area contributed by atoms with Crippen LogP contribution in [0.3, 0.4) is 0 Å². The molecule has 1 aliphatic heterocycles. The van der Waals surface area contributed by atoms with Crippen LogP contribution in [0.4, 0.5) is 0 Å². The summed E-state index contributed by atoms with van der Waals surface area (Å²) in [6.45, 7) is 5.40. The van der Waals surface area contributed by atoms with Crippen LogP contribution >= 0.6 is 0 Å². The molecule has 0 bridgehead atoms. The summed E-state index contributed by atoms with van der Waals surface area (Å²) in [7, 11) is 0. The zero-order valence-electron chi connectivity index (χ0n) is 16.2. The Bertz CT molecular complexity index is 793. The molecule has 0 spiro atoms. The molecule has 3 rings (SSSR count). The molecule has 1 heterocycles. The highest BCUT2D eigenvalue weighted by Crippen LogP contribution is 2.17. The number of nitrogens with zero attached hydrogens (tertiary/aromatic N) is 1. The van der Waals surface area contributed by atoms with E-state index in [1.54, 1.807) is 0 Å². The highest BCUT2D eigenvalue weighted by molar-refractivity contribution is 5.95. The van der Waals surface area contributed by atoms with Crippen LogP contribution in [0.2, 0.25) is 0 Å². The van der Waals surface area contributed by atoms with Gasteiger partial charge >= 0.3 is 0 Å². The Hall–Kier alpha value is -2.62. The van der Waals surface area contributed by atoms with Gasteiger partial charge in [0.15, 0.2) is 0 Å². The predicted molar refractivity (Wildman–Crippen MR) is 108 cm³/mol. The normalized spacial score (nSPS) is 14.8. The maximum absolute atomic E-state index is 12.8. The van der Waals surface area contributed by atoms with Crippen molar-refractivity contribution in [1.82, 2.24) is 10.2 Å². The lowest BCUT2D eigenvalue weighted by atomic mass is 10.0. The van der Waals surface area contributed by atoms with Crippen molar-refractivity contribution in [3.8, 4) is 0 Å². The summed E-state index contributed by atoms with van der Waals surface area (Å²) in [5, 5.41) is 3.13. The van der Waals surface area contributed by atoms with Crippen molar-refractivity contribution >= 4 is 11.8 Å². The fraction of sp³-hybridized carbons (Fsp3) is 0.391. The molecule has 1 fully saturated rings. The average Bonchev–Trinajstić information content (AvgIpc) is 2.67. The quantitative estimate of drug-likeness (QED) is 0.880. The molecule has 0 atom stereocenters. The molecule has 142 valence electrons. The molecule has 2 aromatic carbocycles. The number of amides is 2. The fourth-order valence-corrected chi connectivity index (χ4v) is 3.65. The van der Waals surface area contributed by atoms with Crippen LogP contribution in [-0.4, -0.2) is 35.8 Å². The molecule has 4 heteroatoms. The van der Waals surface area contributed by atoms with Crippen molar-refractivity contribution in [3.63, 3.8) is 0 Å². The van der Waals surface area contributed by atoms with Gasteiger partial charge in [-0.25, -0.2) is 0 Å². The number of carbonyl (C=O) groups excluding carboxylic acids is 2. The van der Waals surface area contributed by atoms with Crippen LogP contribution in [0.15, 0.2) is 48.5 Å². The Balaban J connectivity index is 1.45. The number of hydrogen-bond acceptors (Lipinski definition) is 2. The van der Waals surface area contributed by atoms with E-state index in [1.165, 1.54) is 11.1 Å². The summed E-state index contributed by atoms with van der Waals surface area (Å²) >= 11 is 0. The van der Waals surface area contributed by atoms with E-state index in [9.17, 15) is 9.59 Å². The standard InChI is InChI=1S/C23H28N2O2/c1-17-8-10-21(18(2)16-17)23(27)25-14-12-20(13-15-25)24-22(26)11-9-19-6-4-3-5-7-19/h3-8,10,16,20H,9,11-15H2,1-2H3,(H,24,26). The molecule has 2 amide bonds. The summed E-state index contributed by atoms with van der Waals surface area (Å²) in [5.74, 6) is 0.194. The first-order valence-corrected chi connectivity index (χ1v) is 9.73. The molecule has 0 saturated carbocycles. The van der Waals surface area contributed by atoms with Crippen LogP contribution in [0, 0.1) is 13.8 Å². The zero-order valence-corrected chi connectivity index (χ0v) is 16.2. The third-order valence-electron chi connectivity index (χ3n) is 5.24. The van der Waals surface area contributed by atoms with Crippen molar-refractivity contribution in [2.45, 2.75) is 45.6 Å². The van der Waals surface area contributed by atoms with Gasteiger partial charge in [-0.05, 0) is 50.3 Å². The number of rotatable bonds is 5. The van der Waals surface area contributed by atoms with Gasteiger partial charge < -0.3 is 10.2 Å². The minimum atomic E-state index is 0.0954. The van der Waals surface area contributed by atoms with Crippen LogP contribution in [0.5, 0.6) is 0 Å². The zero-order chi connectivity index (χ0) is 19.2. The topological polar surface area (TPSA) is 49.4 Å². The minimum absolute atomic E-state index is 0.0954. The number of hydrogen-bond donors (Lipinski definition) is 1. The van der Waals surface area contributed by atoms with Gasteiger partial charge in [-0.1, -0.05) is 48.0 Å². The molecule has 1 aliphatic rings. The first-order valence-electron chi connectivity index (χ1n) is 9.73. The van der Waals surface area contributed by atoms with E-state index in [1.807, 2.05) is 67.3 Å². The Morgan fingerprint density at radius 2 is 1.74 bits per heavy atom. The summed E-state index contributed by atoms with van der Waals surface area (Å²) in [6, 6.07) is 16.2.